The van der Waals surface area contributed by atoms with E-state index in [1.807, 2.05) is 13.8 Å². The third-order valence-electron chi connectivity index (χ3n) is 3.17. The second-order valence-electron chi connectivity index (χ2n) is 7.73. The number of carbonyl (C=O) groups is 1. The normalized spacial score (nSPS) is 23.7. The predicted octanol–water partition coefficient (Wildman–Crippen LogP) is 1.54. The molecule has 4 N–H and O–H groups in total. The summed E-state index contributed by atoms with van der Waals surface area (Å²) in [6, 6.07) is 0.228. The van der Waals surface area contributed by atoms with Crippen LogP contribution >= 0.6 is 0 Å². The first kappa shape index (κ1) is 15.4. The lowest BCUT2D eigenvalue weighted by Crippen LogP contribution is -2.62. The Kier molecular flexibility index (Phi) is 4.13. The molecule has 1 aliphatic heterocycles. The largest absolute Gasteiger partial charge is 0.353 e. The molecule has 1 heterocycles. The minimum atomic E-state index is -0.442. The molecule has 0 bridgehead atoms. The lowest BCUT2D eigenvalue weighted by atomic mass is 9.79. The van der Waals surface area contributed by atoms with E-state index in [0.717, 1.165) is 12.8 Å². The summed E-state index contributed by atoms with van der Waals surface area (Å²) in [5.41, 5.74) is 5.54. The van der Waals surface area contributed by atoms with Crippen molar-refractivity contribution in [2.24, 2.45) is 5.73 Å². The molecule has 1 saturated heterocycles. The van der Waals surface area contributed by atoms with Crippen LogP contribution in [0, 0.1) is 0 Å². The van der Waals surface area contributed by atoms with Crippen LogP contribution in [0.3, 0.4) is 0 Å². The van der Waals surface area contributed by atoms with Crippen LogP contribution < -0.4 is 16.4 Å². The van der Waals surface area contributed by atoms with Crippen LogP contribution in [0.1, 0.15) is 60.8 Å². The minimum Gasteiger partial charge on any atom is -0.353 e. The van der Waals surface area contributed by atoms with Crippen molar-refractivity contribution in [3.05, 3.63) is 0 Å². The molecule has 1 fully saturated rings. The number of amides is 1. The third kappa shape index (κ3) is 5.36. The minimum absolute atomic E-state index is 0.0535. The Balaban J connectivity index is 2.59. The van der Waals surface area contributed by atoms with E-state index in [4.69, 9.17) is 5.73 Å². The Labute approximate surface area is 111 Å². The lowest BCUT2D eigenvalue weighted by Gasteiger charge is -2.46. The first-order valence-corrected chi connectivity index (χ1v) is 6.76. The summed E-state index contributed by atoms with van der Waals surface area (Å²) in [5.74, 6) is 0.0565. The standard InChI is InChI=1S/C14H29N3O/c1-12(2,15)9-11(18)16-10-7-13(3,4)17-14(5,6)8-10/h10,17H,7-9,15H2,1-6H3,(H,16,18). The highest BCUT2D eigenvalue weighted by Gasteiger charge is 2.38. The van der Waals surface area contributed by atoms with E-state index in [-0.39, 0.29) is 23.0 Å². The molecule has 0 spiro atoms. The molecule has 0 aliphatic carbocycles. The van der Waals surface area contributed by atoms with Crippen LogP contribution in [0.25, 0.3) is 0 Å². The summed E-state index contributed by atoms with van der Waals surface area (Å²) in [7, 11) is 0. The molecule has 1 amide bonds. The zero-order chi connectivity index (χ0) is 14.2. The Morgan fingerprint density at radius 2 is 1.72 bits per heavy atom. The van der Waals surface area contributed by atoms with Crippen molar-refractivity contribution < 1.29 is 4.79 Å². The summed E-state index contributed by atoms with van der Waals surface area (Å²) in [5, 5.41) is 6.74. The fourth-order valence-corrected chi connectivity index (χ4v) is 3.12. The summed E-state index contributed by atoms with van der Waals surface area (Å²) in [4.78, 5) is 11.9. The van der Waals surface area contributed by atoms with Gasteiger partial charge in [0.05, 0.1) is 0 Å². The van der Waals surface area contributed by atoms with Gasteiger partial charge in [0.15, 0.2) is 0 Å². The van der Waals surface area contributed by atoms with Gasteiger partial charge in [-0.3, -0.25) is 4.79 Å². The fraction of sp³-hybridized carbons (Fsp3) is 0.929. The Morgan fingerprint density at radius 3 is 2.11 bits per heavy atom. The van der Waals surface area contributed by atoms with Crippen molar-refractivity contribution in [1.82, 2.24) is 10.6 Å². The van der Waals surface area contributed by atoms with E-state index in [0.29, 0.717) is 6.42 Å². The van der Waals surface area contributed by atoms with Crippen LogP contribution in [0.15, 0.2) is 0 Å². The van der Waals surface area contributed by atoms with Gasteiger partial charge in [-0.25, -0.2) is 0 Å². The molecule has 1 rings (SSSR count). The zero-order valence-corrected chi connectivity index (χ0v) is 12.7. The maximum Gasteiger partial charge on any atom is 0.222 e. The highest BCUT2D eigenvalue weighted by Crippen LogP contribution is 2.28. The van der Waals surface area contributed by atoms with Crippen molar-refractivity contribution in [3.63, 3.8) is 0 Å². The summed E-state index contributed by atoms with van der Waals surface area (Å²) < 4.78 is 0. The number of hydrogen-bond acceptors (Lipinski definition) is 3. The molecule has 4 nitrogen and oxygen atoms in total. The molecule has 0 aromatic heterocycles. The molecule has 4 heteroatoms. The highest BCUT2D eigenvalue weighted by molar-refractivity contribution is 5.77. The summed E-state index contributed by atoms with van der Waals surface area (Å²) in [6.07, 6.45) is 2.28. The van der Waals surface area contributed by atoms with Gasteiger partial charge < -0.3 is 16.4 Å². The van der Waals surface area contributed by atoms with Gasteiger partial charge in [-0.05, 0) is 54.4 Å². The zero-order valence-electron chi connectivity index (χ0n) is 12.7. The first-order valence-electron chi connectivity index (χ1n) is 6.76. The van der Waals surface area contributed by atoms with Crippen molar-refractivity contribution in [3.8, 4) is 0 Å². The number of nitrogens with one attached hydrogen (secondary N) is 2. The predicted molar refractivity (Wildman–Crippen MR) is 75.3 cm³/mol. The number of rotatable bonds is 3. The fourth-order valence-electron chi connectivity index (χ4n) is 3.12. The van der Waals surface area contributed by atoms with Crippen LogP contribution in [-0.2, 0) is 4.79 Å². The Hall–Kier alpha value is -0.610. The van der Waals surface area contributed by atoms with E-state index in [1.54, 1.807) is 0 Å². The first-order chi connectivity index (χ1) is 7.89. The van der Waals surface area contributed by atoms with E-state index >= 15 is 0 Å². The molecule has 0 atom stereocenters. The van der Waals surface area contributed by atoms with Gasteiger partial charge in [0.1, 0.15) is 0 Å². The number of nitrogens with two attached hydrogens (primary N) is 1. The second kappa shape index (κ2) is 4.82. The van der Waals surface area contributed by atoms with Gasteiger partial charge >= 0.3 is 0 Å². The van der Waals surface area contributed by atoms with Gasteiger partial charge in [0, 0.05) is 29.1 Å². The average molecular weight is 255 g/mol. The van der Waals surface area contributed by atoms with Crippen molar-refractivity contribution in [1.29, 1.82) is 0 Å². The third-order valence-corrected chi connectivity index (χ3v) is 3.17. The van der Waals surface area contributed by atoms with Gasteiger partial charge in [-0.15, -0.1) is 0 Å². The maximum absolute atomic E-state index is 11.9. The van der Waals surface area contributed by atoms with Crippen LogP contribution in [-0.4, -0.2) is 28.6 Å². The molecule has 0 saturated carbocycles. The molecule has 0 radical (unpaired) electrons. The molecule has 0 aromatic carbocycles. The topological polar surface area (TPSA) is 67.2 Å². The molecular weight excluding hydrogens is 226 g/mol. The second-order valence-corrected chi connectivity index (χ2v) is 7.73. The van der Waals surface area contributed by atoms with Crippen molar-refractivity contribution in [2.75, 3.05) is 0 Å². The van der Waals surface area contributed by atoms with Crippen LogP contribution in [0.2, 0.25) is 0 Å². The lowest BCUT2D eigenvalue weighted by molar-refractivity contribution is -0.123. The van der Waals surface area contributed by atoms with Gasteiger partial charge in [-0.2, -0.15) is 0 Å². The van der Waals surface area contributed by atoms with Crippen molar-refractivity contribution >= 4 is 5.91 Å². The van der Waals surface area contributed by atoms with Crippen molar-refractivity contribution in [2.45, 2.75) is 83.5 Å². The van der Waals surface area contributed by atoms with Crippen LogP contribution in [0.4, 0.5) is 0 Å². The Morgan fingerprint density at radius 1 is 1.28 bits per heavy atom. The number of piperidine rings is 1. The Bertz CT molecular complexity index is 299. The number of carbonyl (C=O) groups excluding carboxylic acids is 1. The number of hydrogen-bond donors (Lipinski definition) is 3. The van der Waals surface area contributed by atoms with E-state index in [9.17, 15) is 4.79 Å². The van der Waals surface area contributed by atoms with Gasteiger partial charge in [0.25, 0.3) is 0 Å². The highest BCUT2D eigenvalue weighted by atomic mass is 16.1. The molecule has 1 aliphatic rings. The maximum atomic E-state index is 11.9. The molecule has 106 valence electrons. The van der Waals surface area contributed by atoms with E-state index in [2.05, 4.69) is 38.3 Å². The molecule has 0 aromatic rings. The summed E-state index contributed by atoms with van der Waals surface area (Å²) in [6.45, 7) is 12.5. The molecule has 18 heavy (non-hydrogen) atoms. The van der Waals surface area contributed by atoms with Crippen LogP contribution in [0.5, 0.6) is 0 Å². The monoisotopic (exact) mass is 255 g/mol. The molecular formula is C14H29N3O. The van der Waals surface area contributed by atoms with E-state index < -0.39 is 5.54 Å². The summed E-state index contributed by atoms with van der Waals surface area (Å²) >= 11 is 0. The average Bonchev–Trinajstić information content (AvgIpc) is 1.90. The van der Waals surface area contributed by atoms with Gasteiger partial charge in [0.2, 0.25) is 5.91 Å². The molecule has 0 unspecified atom stereocenters. The quantitative estimate of drug-likeness (QED) is 0.716. The van der Waals surface area contributed by atoms with E-state index in [1.165, 1.54) is 0 Å². The SMILES string of the molecule is CC(C)(N)CC(=O)NC1CC(C)(C)NC(C)(C)C1. The smallest absolute Gasteiger partial charge is 0.222 e. The van der Waals surface area contributed by atoms with Gasteiger partial charge in [-0.1, -0.05) is 0 Å².